The van der Waals surface area contributed by atoms with Gasteiger partial charge in [0.1, 0.15) is 6.17 Å². The number of nitrogens with one attached hydrogen (secondary N) is 1. The molecule has 0 aromatic carbocycles. The fourth-order valence-electron chi connectivity index (χ4n) is 1.54. The Kier molecular flexibility index (Phi) is 4.15. The molecule has 0 aromatic heterocycles. The molecule has 0 saturated carbocycles. The molecule has 1 rings (SSSR count). The highest BCUT2D eigenvalue weighted by molar-refractivity contribution is 5.69. The van der Waals surface area contributed by atoms with Crippen LogP contribution in [-0.4, -0.2) is 31.8 Å². The Hall–Kier alpha value is -0.640. The van der Waals surface area contributed by atoms with Gasteiger partial charge >= 0.3 is 5.97 Å². The Bertz CT molecular complexity index is 175. The van der Waals surface area contributed by atoms with Crippen molar-refractivity contribution in [3.8, 4) is 0 Å². The number of esters is 1. The smallest absolute Gasteiger partial charge is 0.306 e. The third kappa shape index (κ3) is 3.30. The van der Waals surface area contributed by atoms with E-state index >= 15 is 0 Å². The first-order chi connectivity index (χ1) is 6.24. The summed E-state index contributed by atoms with van der Waals surface area (Å²) in [6, 6.07) is 0. The maximum atomic E-state index is 13.2. The van der Waals surface area contributed by atoms with E-state index in [1.165, 1.54) is 0 Å². The van der Waals surface area contributed by atoms with Crippen LogP contribution in [0.2, 0.25) is 0 Å². The van der Waals surface area contributed by atoms with Gasteiger partial charge in [0.15, 0.2) is 0 Å². The summed E-state index contributed by atoms with van der Waals surface area (Å²) in [6.45, 7) is 3.29. The SMILES string of the molecule is CCOC(=O)C[C@@H]1CCNC[C@@H]1F. The van der Waals surface area contributed by atoms with Crippen LogP contribution in [0, 0.1) is 5.92 Å². The zero-order valence-corrected chi connectivity index (χ0v) is 7.88. The number of rotatable bonds is 3. The molecule has 76 valence electrons. The summed E-state index contributed by atoms with van der Waals surface area (Å²) < 4.78 is 17.9. The van der Waals surface area contributed by atoms with Gasteiger partial charge in [-0.05, 0) is 19.9 Å². The van der Waals surface area contributed by atoms with Gasteiger partial charge in [0.2, 0.25) is 0 Å². The van der Waals surface area contributed by atoms with E-state index in [1.807, 2.05) is 0 Å². The number of ether oxygens (including phenoxy) is 1. The lowest BCUT2D eigenvalue weighted by atomic mass is 9.93. The molecule has 0 aromatic rings. The molecule has 0 radical (unpaired) electrons. The monoisotopic (exact) mass is 189 g/mol. The molecule has 1 N–H and O–H groups in total. The first kappa shape index (κ1) is 10.4. The van der Waals surface area contributed by atoms with E-state index in [-0.39, 0.29) is 18.3 Å². The predicted octanol–water partition coefficient (Wildman–Crippen LogP) is 0.887. The predicted molar refractivity (Wildman–Crippen MR) is 47.1 cm³/mol. The first-order valence-corrected chi connectivity index (χ1v) is 4.74. The molecule has 13 heavy (non-hydrogen) atoms. The summed E-state index contributed by atoms with van der Waals surface area (Å²) >= 11 is 0. The molecular weight excluding hydrogens is 173 g/mol. The maximum absolute atomic E-state index is 13.2. The fraction of sp³-hybridized carbons (Fsp3) is 0.889. The van der Waals surface area contributed by atoms with E-state index in [0.717, 1.165) is 13.0 Å². The molecular formula is C9H16FNO2. The van der Waals surface area contributed by atoms with E-state index in [2.05, 4.69) is 5.32 Å². The minimum Gasteiger partial charge on any atom is -0.466 e. The molecule has 0 bridgehead atoms. The molecule has 1 fully saturated rings. The van der Waals surface area contributed by atoms with Crippen molar-refractivity contribution in [1.82, 2.24) is 5.32 Å². The number of hydrogen-bond acceptors (Lipinski definition) is 3. The molecule has 3 nitrogen and oxygen atoms in total. The molecule has 1 saturated heterocycles. The van der Waals surface area contributed by atoms with E-state index in [4.69, 9.17) is 4.74 Å². The van der Waals surface area contributed by atoms with Gasteiger partial charge in [-0.1, -0.05) is 0 Å². The lowest BCUT2D eigenvalue weighted by Gasteiger charge is -2.25. The topological polar surface area (TPSA) is 38.3 Å². The number of carbonyl (C=O) groups excluding carboxylic acids is 1. The Morgan fingerprint density at radius 3 is 3.08 bits per heavy atom. The number of halogens is 1. The van der Waals surface area contributed by atoms with Crippen molar-refractivity contribution in [1.29, 1.82) is 0 Å². The second-order valence-corrected chi connectivity index (χ2v) is 3.28. The molecule has 0 spiro atoms. The van der Waals surface area contributed by atoms with Crippen LogP contribution in [0.1, 0.15) is 19.8 Å². The van der Waals surface area contributed by atoms with Crippen LogP contribution in [0.15, 0.2) is 0 Å². The summed E-state index contributed by atoms with van der Waals surface area (Å²) in [5.41, 5.74) is 0. The normalized spacial score (nSPS) is 28.5. The zero-order chi connectivity index (χ0) is 9.68. The van der Waals surface area contributed by atoms with Crippen molar-refractivity contribution in [2.45, 2.75) is 25.9 Å². The molecule has 1 heterocycles. The lowest BCUT2D eigenvalue weighted by Crippen LogP contribution is -2.39. The highest BCUT2D eigenvalue weighted by Crippen LogP contribution is 2.19. The van der Waals surface area contributed by atoms with Crippen LogP contribution in [-0.2, 0) is 9.53 Å². The van der Waals surface area contributed by atoms with Gasteiger partial charge in [0, 0.05) is 12.5 Å². The summed E-state index contributed by atoms with van der Waals surface area (Å²) in [4.78, 5) is 11.0. The van der Waals surface area contributed by atoms with Crippen LogP contribution in [0.25, 0.3) is 0 Å². The molecule has 2 atom stereocenters. The van der Waals surface area contributed by atoms with Crippen molar-refractivity contribution in [3.63, 3.8) is 0 Å². The van der Waals surface area contributed by atoms with Gasteiger partial charge in [0.05, 0.1) is 13.0 Å². The zero-order valence-electron chi connectivity index (χ0n) is 7.88. The van der Waals surface area contributed by atoms with Crippen LogP contribution in [0.5, 0.6) is 0 Å². The first-order valence-electron chi connectivity index (χ1n) is 4.74. The van der Waals surface area contributed by atoms with E-state index < -0.39 is 6.17 Å². The van der Waals surface area contributed by atoms with Crippen molar-refractivity contribution >= 4 is 5.97 Å². The maximum Gasteiger partial charge on any atom is 0.306 e. The van der Waals surface area contributed by atoms with Gasteiger partial charge in [-0.15, -0.1) is 0 Å². The van der Waals surface area contributed by atoms with Gasteiger partial charge in [-0.25, -0.2) is 4.39 Å². The molecule has 0 amide bonds. The van der Waals surface area contributed by atoms with E-state index in [1.54, 1.807) is 6.92 Å². The Labute approximate surface area is 77.6 Å². The number of carbonyl (C=O) groups is 1. The van der Waals surface area contributed by atoms with E-state index in [9.17, 15) is 9.18 Å². The van der Waals surface area contributed by atoms with Gasteiger partial charge in [-0.3, -0.25) is 4.79 Å². The largest absolute Gasteiger partial charge is 0.466 e. The van der Waals surface area contributed by atoms with Gasteiger partial charge < -0.3 is 10.1 Å². The lowest BCUT2D eigenvalue weighted by molar-refractivity contribution is -0.145. The summed E-state index contributed by atoms with van der Waals surface area (Å²) in [6.07, 6.45) is 0.0367. The van der Waals surface area contributed by atoms with Crippen molar-refractivity contribution in [2.24, 2.45) is 5.92 Å². The Balaban J connectivity index is 2.29. The van der Waals surface area contributed by atoms with Gasteiger partial charge in [0.25, 0.3) is 0 Å². The average molecular weight is 189 g/mol. The van der Waals surface area contributed by atoms with Crippen LogP contribution in [0.4, 0.5) is 4.39 Å². The van der Waals surface area contributed by atoms with E-state index in [0.29, 0.717) is 13.2 Å². The second-order valence-electron chi connectivity index (χ2n) is 3.28. The third-order valence-electron chi connectivity index (χ3n) is 2.28. The highest BCUT2D eigenvalue weighted by Gasteiger charge is 2.26. The van der Waals surface area contributed by atoms with Crippen LogP contribution in [0.3, 0.4) is 0 Å². The number of piperidine rings is 1. The third-order valence-corrected chi connectivity index (χ3v) is 2.28. The average Bonchev–Trinajstić information content (AvgIpc) is 2.09. The standard InChI is InChI=1S/C9H16FNO2/c1-2-13-9(12)5-7-3-4-11-6-8(7)10/h7-8,11H,2-6H2,1H3/t7-,8-/m0/s1. The summed E-state index contributed by atoms with van der Waals surface area (Å²) in [5.74, 6) is -0.433. The van der Waals surface area contributed by atoms with Crippen molar-refractivity contribution in [2.75, 3.05) is 19.7 Å². The summed E-state index contributed by atoms with van der Waals surface area (Å²) in [5, 5.41) is 2.94. The molecule has 0 unspecified atom stereocenters. The quantitative estimate of drug-likeness (QED) is 0.670. The summed E-state index contributed by atoms with van der Waals surface area (Å²) in [7, 11) is 0. The molecule has 1 aliphatic rings. The molecule has 1 aliphatic heterocycles. The Morgan fingerprint density at radius 1 is 1.69 bits per heavy atom. The highest BCUT2D eigenvalue weighted by atomic mass is 19.1. The minimum atomic E-state index is -0.904. The molecule has 4 heteroatoms. The molecule has 0 aliphatic carbocycles. The number of alkyl halides is 1. The van der Waals surface area contributed by atoms with Crippen LogP contribution >= 0.6 is 0 Å². The number of hydrogen-bond donors (Lipinski definition) is 1. The van der Waals surface area contributed by atoms with Crippen molar-refractivity contribution < 1.29 is 13.9 Å². The van der Waals surface area contributed by atoms with Gasteiger partial charge in [-0.2, -0.15) is 0 Å². The fourth-order valence-corrected chi connectivity index (χ4v) is 1.54. The minimum absolute atomic E-state index is 0.153. The second kappa shape index (κ2) is 5.17. The van der Waals surface area contributed by atoms with Crippen molar-refractivity contribution in [3.05, 3.63) is 0 Å². The Morgan fingerprint density at radius 2 is 2.46 bits per heavy atom. The van der Waals surface area contributed by atoms with Crippen LogP contribution < -0.4 is 5.32 Å².